The van der Waals surface area contributed by atoms with Crippen molar-refractivity contribution in [3.05, 3.63) is 76.5 Å². The van der Waals surface area contributed by atoms with Gasteiger partial charge in [0.1, 0.15) is 11.5 Å². The highest BCUT2D eigenvalue weighted by Crippen LogP contribution is 2.37. The van der Waals surface area contributed by atoms with Gasteiger partial charge in [-0.05, 0) is 87.0 Å². The molecule has 1 saturated heterocycles. The Hall–Kier alpha value is -3.03. The summed E-state index contributed by atoms with van der Waals surface area (Å²) in [5.41, 5.74) is 4.91. The van der Waals surface area contributed by atoms with Crippen LogP contribution in [0.2, 0.25) is 0 Å². The number of methoxy groups -OCH3 is 1. The molecule has 32 heavy (non-hydrogen) atoms. The van der Waals surface area contributed by atoms with E-state index >= 15 is 0 Å². The second-order valence-corrected chi connectivity index (χ2v) is 8.98. The molecule has 1 aromatic heterocycles. The average Bonchev–Trinajstić information content (AvgIpc) is 3.23. The van der Waals surface area contributed by atoms with Gasteiger partial charge in [0.05, 0.1) is 24.3 Å². The van der Waals surface area contributed by atoms with Gasteiger partial charge in [-0.2, -0.15) is 0 Å². The summed E-state index contributed by atoms with van der Waals surface area (Å²) in [5, 5.41) is 0. The monoisotopic (exact) mass is 464 g/mol. The first-order chi connectivity index (χ1) is 15.4. The van der Waals surface area contributed by atoms with E-state index < -0.39 is 0 Å². The summed E-state index contributed by atoms with van der Waals surface area (Å²) < 4.78 is 13.4. The fraction of sp³-hybridized carbons (Fsp3) is 0.200. The maximum absolute atomic E-state index is 13.2. The molecule has 7 heteroatoms. The quantitative estimate of drug-likeness (QED) is 0.335. The van der Waals surface area contributed by atoms with Crippen molar-refractivity contribution in [3.8, 4) is 17.2 Å². The summed E-state index contributed by atoms with van der Waals surface area (Å²) in [6.45, 7) is 6.64. The van der Waals surface area contributed by atoms with Crippen LogP contribution in [-0.4, -0.2) is 28.5 Å². The molecule has 0 N–H and O–H groups in total. The van der Waals surface area contributed by atoms with Crippen LogP contribution < -0.4 is 14.4 Å². The van der Waals surface area contributed by atoms with Crippen LogP contribution in [-0.2, 0) is 4.79 Å². The van der Waals surface area contributed by atoms with Gasteiger partial charge < -0.3 is 14.0 Å². The molecule has 164 valence electrons. The van der Waals surface area contributed by atoms with Gasteiger partial charge in [0, 0.05) is 17.1 Å². The fourth-order valence-electron chi connectivity index (χ4n) is 3.75. The lowest BCUT2D eigenvalue weighted by Crippen LogP contribution is -2.27. The highest BCUT2D eigenvalue weighted by atomic mass is 32.2. The maximum atomic E-state index is 13.2. The lowest BCUT2D eigenvalue weighted by Gasteiger charge is -2.15. The number of aromatic nitrogens is 1. The molecule has 5 nitrogen and oxygen atoms in total. The largest absolute Gasteiger partial charge is 0.497 e. The van der Waals surface area contributed by atoms with E-state index in [9.17, 15) is 4.79 Å². The second kappa shape index (κ2) is 9.22. The second-order valence-electron chi connectivity index (χ2n) is 7.30. The van der Waals surface area contributed by atoms with Gasteiger partial charge in [-0.3, -0.25) is 9.69 Å². The van der Waals surface area contributed by atoms with Crippen molar-refractivity contribution in [2.45, 2.75) is 20.8 Å². The third-order valence-corrected chi connectivity index (χ3v) is 6.59. The maximum Gasteiger partial charge on any atom is 0.270 e. The highest BCUT2D eigenvalue weighted by Gasteiger charge is 2.33. The molecular formula is C25H24N2O3S2. The average molecular weight is 465 g/mol. The van der Waals surface area contributed by atoms with Crippen LogP contribution in [0.15, 0.2) is 59.5 Å². The zero-order chi connectivity index (χ0) is 22.8. The number of rotatable bonds is 6. The van der Waals surface area contributed by atoms with E-state index in [1.807, 2.05) is 61.5 Å². The Morgan fingerprint density at radius 1 is 1.00 bits per heavy atom. The molecule has 0 aliphatic carbocycles. The molecule has 1 aliphatic heterocycles. The summed E-state index contributed by atoms with van der Waals surface area (Å²) in [5.74, 6) is 1.47. The summed E-state index contributed by atoms with van der Waals surface area (Å²) in [7, 11) is 1.66. The Bertz CT molecular complexity index is 1200. The molecule has 0 bridgehead atoms. The van der Waals surface area contributed by atoms with E-state index in [1.165, 1.54) is 11.8 Å². The zero-order valence-corrected chi connectivity index (χ0v) is 20.0. The third kappa shape index (κ3) is 4.18. The Morgan fingerprint density at radius 3 is 2.25 bits per heavy atom. The van der Waals surface area contributed by atoms with E-state index in [0.717, 1.165) is 39.8 Å². The molecule has 0 radical (unpaired) electrons. The molecule has 0 saturated carbocycles. The zero-order valence-electron chi connectivity index (χ0n) is 18.4. The smallest absolute Gasteiger partial charge is 0.270 e. The summed E-state index contributed by atoms with van der Waals surface area (Å²) >= 11 is 6.84. The summed E-state index contributed by atoms with van der Waals surface area (Å²) in [6.07, 6.45) is 1.93. The number of ether oxygens (including phenoxy) is 2. The minimum atomic E-state index is -0.113. The summed E-state index contributed by atoms with van der Waals surface area (Å²) in [6, 6.07) is 17.4. The predicted molar refractivity (Wildman–Crippen MR) is 135 cm³/mol. The number of hydrogen-bond donors (Lipinski definition) is 0. The van der Waals surface area contributed by atoms with Gasteiger partial charge in [-0.1, -0.05) is 24.0 Å². The Labute approximate surface area is 197 Å². The third-order valence-electron chi connectivity index (χ3n) is 5.29. The Kier molecular flexibility index (Phi) is 6.39. The number of thioether (sulfide) groups is 1. The molecule has 4 rings (SSSR count). The number of nitrogens with zero attached hydrogens (tertiary/aromatic N) is 2. The molecular weight excluding hydrogens is 440 g/mol. The van der Waals surface area contributed by atoms with Crippen molar-refractivity contribution in [2.75, 3.05) is 18.6 Å². The number of amides is 1. The van der Waals surface area contributed by atoms with E-state index in [-0.39, 0.29) is 5.91 Å². The number of carbonyl (C=O) groups is 1. The number of aryl methyl sites for hydroxylation is 1. The van der Waals surface area contributed by atoms with Crippen molar-refractivity contribution >= 4 is 46.0 Å². The fourth-order valence-corrected chi connectivity index (χ4v) is 5.04. The SMILES string of the molecule is CCOc1ccc(N2C(=O)/C(=C/c3cc(C)n(-c4ccc(OC)cc4)c3C)SC2=S)cc1. The molecule has 1 aliphatic rings. The van der Waals surface area contributed by atoms with Crippen LogP contribution in [0.1, 0.15) is 23.9 Å². The Balaban J connectivity index is 1.63. The van der Waals surface area contributed by atoms with Crippen molar-refractivity contribution < 1.29 is 14.3 Å². The van der Waals surface area contributed by atoms with Crippen LogP contribution in [0.3, 0.4) is 0 Å². The minimum Gasteiger partial charge on any atom is -0.497 e. The number of anilines is 1. The Morgan fingerprint density at radius 2 is 1.62 bits per heavy atom. The first kappa shape index (κ1) is 22.2. The molecule has 0 unspecified atom stereocenters. The number of hydrogen-bond acceptors (Lipinski definition) is 5. The normalized spacial score (nSPS) is 15.0. The van der Waals surface area contributed by atoms with E-state index in [0.29, 0.717) is 15.8 Å². The first-order valence-corrected chi connectivity index (χ1v) is 11.5. The van der Waals surface area contributed by atoms with Gasteiger partial charge >= 0.3 is 0 Å². The van der Waals surface area contributed by atoms with Crippen LogP contribution in [0.5, 0.6) is 11.5 Å². The van der Waals surface area contributed by atoms with Gasteiger partial charge in [-0.15, -0.1) is 0 Å². The topological polar surface area (TPSA) is 43.7 Å². The van der Waals surface area contributed by atoms with Gasteiger partial charge in [-0.25, -0.2) is 0 Å². The van der Waals surface area contributed by atoms with Crippen LogP contribution in [0.25, 0.3) is 11.8 Å². The minimum absolute atomic E-state index is 0.113. The molecule has 0 spiro atoms. The van der Waals surface area contributed by atoms with E-state index in [1.54, 1.807) is 12.0 Å². The predicted octanol–water partition coefficient (Wildman–Crippen LogP) is 5.91. The molecule has 2 heterocycles. The number of carbonyl (C=O) groups excluding carboxylic acids is 1. The standard InChI is InChI=1S/C25H24N2O3S2/c1-5-30-22-12-8-20(9-13-22)27-24(28)23(32-25(27)31)15-18-14-16(2)26(17(18)3)19-6-10-21(29-4)11-7-19/h6-15H,5H2,1-4H3/b23-15-. The molecule has 0 atom stereocenters. The lowest BCUT2D eigenvalue weighted by molar-refractivity contribution is -0.113. The van der Waals surface area contributed by atoms with Crippen molar-refractivity contribution in [3.63, 3.8) is 0 Å². The van der Waals surface area contributed by atoms with Crippen LogP contribution >= 0.6 is 24.0 Å². The first-order valence-electron chi connectivity index (χ1n) is 10.3. The van der Waals surface area contributed by atoms with Gasteiger partial charge in [0.2, 0.25) is 0 Å². The van der Waals surface area contributed by atoms with Gasteiger partial charge in [0.15, 0.2) is 4.32 Å². The highest BCUT2D eigenvalue weighted by molar-refractivity contribution is 8.27. The molecule has 1 amide bonds. The van der Waals surface area contributed by atoms with Crippen LogP contribution in [0.4, 0.5) is 5.69 Å². The molecule has 3 aromatic rings. The van der Waals surface area contributed by atoms with Crippen molar-refractivity contribution in [2.24, 2.45) is 0 Å². The summed E-state index contributed by atoms with van der Waals surface area (Å²) in [4.78, 5) is 15.4. The molecule has 2 aromatic carbocycles. The van der Waals surface area contributed by atoms with E-state index in [2.05, 4.69) is 24.5 Å². The van der Waals surface area contributed by atoms with Gasteiger partial charge in [0.25, 0.3) is 5.91 Å². The lowest BCUT2D eigenvalue weighted by atomic mass is 10.2. The number of benzene rings is 2. The van der Waals surface area contributed by atoms with Crippen molar-refractivity contribution in [1.82, 2.24) is 4.57 Å². The van der Waals surface area contributed by atoms with Crippen LogP contribution in [0, 0.1) is 13.8 Å². The number of thiocarbonyl (C=S) groups is 1. The van der Waals surface area contributed by atoms with E-state index in [4.69, 9.17) is 21.7 Å². The van der Waals surface area contributed by atoms with Crippen molar-refractivity contribution in [1.29, 1.82) is 0 Å². The molecule has 1 fully saturated rings.